The normalized spacial score (nSPS) is 11.1. The molecule has 0 fully saturated rings. The van der Waals surface area contributed by atoms with Crippen molar-refractivity contribution in [2.45, 2.75) is 5.50 Å². The van der Waals surface area contributed by atoms with Gasteiger partial charge in [0.1, 0.15) is 5.50 Å². The Morgan fingerprint density at radius 2 is 2.00 bits per heavy atom. The number of primary amides is 1. The quantitative estimate of drug-likeness (QED) is 0.356. The molecule has 96 valence electrons. The molecule has 0 aliphatic heterocycles. The molecular formula is C10H17ClN4O2. The van der Waals surface area contributed by atoms with Gasteiger partial charge in [-0.3, -0.25) is 0 Å². The van der Waals surface area contributed by atoms with Crippen molar-refractivity contribution in [3.05, 3.63) is 25.3 Å². The summed E-state index contributed by atoms with van der Waals surface area (Å²) in [6, 6.07) is -1.06. The molecule has 1 unspecified atom stereocenters. The van der Waals surface area contributed by atoms with Crippen LogP contribution in [-0.2, 0) is 0 Å². The molecule has 1 atom stereocenters. The average Bonchev–Trinajstić information content (AvgIpc) is 2.29. The maximum atomic E-state index is 11.7. The van der Waals surface area contributed by atoms with Gasteiger partial charge in [0.15, 0.2) is 0 Å². The van der Waals surface area contributed by atoms with Crippen LogP contribution >= 0.6 is 11.6 Å². The maximum absolute atomic E-state index is 11.7. The Morgan fingerprint density at radius 1 is 1.35 bits per heavy atom. The van der Waals surface area contributed by atoms with E-state index in [1.807, 2.05) is 0 Å². The van der Waals surface area contributed by atoms with Gasteiger partial charge in [0.2, 0.25) is 0 Å². The summed E-state index contributed by atoms with van der Waals surface area (Å²) < 4.78 is 0. The monoisotopic (exact) mass is 260 g/mol. The standard InChI is InChI=1S/C10H17ClN4O2/c1-3-5-13-10(17)15(6-4-2)8(11)7-14-9(12)16/h3-4,8H,1-2,5-7H2,(H,13,17)(H3,12,14,16). The second-order valence-electron chi connectivity index (χ2n) is 3.10. The molecule has 4 amide bonds. The first-order chi connectivity index (χ1) is 8.02. The zero-order valence-electron chi connectivity index (χ0n) is 9.49. The Balaban J connectivity index is 4.37. The summed E-state index contributed by atoms with van der Waals surface area (Å²) in [4.78, 5) is 23.5. The van der Waals surface area contributed by atoms with E-state index in [9.17, 15) is 9.59 Å². The predicted octanol–water partition coefficient (Wildman–Crippen LogP) is 0.603. The van der Waals surface area contributed by atoms with Crippen LogP contribution in [-0.4, -0.2) is 42.1 Å². The van der Waals surface area contributed by atoms with Gasteiger partial charge in [0.25, 0.3) is 0 Å². The number of nitrogens with one attached hydrogen (secondary N) is 2. The number of hydrogen-bond donors (Lipinski definition) is 3. The van der Waals surface area contributed by atoms with Crippen molar-refractivity contribution in [3.63, 3.8) is 0 Å². The molecule has 17 heavy (non-hydrogen) atoms. The van der Waals surface area contributed by atoms with E-state index in [0.29, 0.717) is 6.54 Å². The van der Waals surface area contributed by atoms with Gasteiger partial charge in [-0.15, -0.1) is 13.2 Å². The summed E-state index contributed by atoms with van der Waals surface area (Å²) in [5.74, 6) is 0. The van der Waals surface area contributed by atoms with Crippen molar-refractivity contribution in [2.75, 3.05) is 19.6 Å². The number of amides is 4. The van der Waals surface area contributed by atoms with E-state index in [-0.39, 0.29) is 19.1 Å². The van der Waals surface area contributed by atoms with Crippen molar-refractivity contribution >= 4 is 23.7 Å². The van der Waals surface area contributed by atoms with Gasteiger partial charge in [-0.1, -0.05) is 23.8 Å². The van der Waals surface area contributed by atoms with E-state index in [2.05, 4.69) is 23.8 Å². The highest BCUT2D eigenvalue weighted by molar-refractivity contribution is 6.21. The zero-order valence-corrected chi connectivity index (χ0v) is 10.2. The largest absolute Gasteiger partial charge is 0.352 e. The van der Waals surface area contributed by atoms with Crippen molar-refractivity contribution in [3.8, 4) is 0 Å². The second kappa shape index (κ2) is 8.46. The van der Waals surface area contributed by atoms with Crippen LogP contribution in [0.1, 0.15) is 0 Å². The molecule has 7 heteroatoms. The lowest BCUT2D eigenvalue weighted by Gasteiger charge is -2.26. The first-order valence-corrected chi connectivity index (χ1v) is 5.40. The molecule has 0 aromatic rings. The minimum absolute atomic E-state index is 0.0617. The topological polar surface area (TPSA) is 87.5 Å². The smallest absolute Gasteiger partial charge is 0.319 e. The van der Waals surface area contributed by atoms with E-state index in [4.69, 9.17) is 17.3 Å². The van der Waals surface area contributed by atoms with Crippen LogP contribution in [0.3, 0.4) is 0 Å². The molecule has 0 bridgehead atoms. The predicted molar refractivity (Wildman–Crippen MR) is 67.7 cm³/mol. The number of nitrogens with two attached hydrogens (primary N) is 1. The fraction of sp³-hybridized carbons (Fsp3) is 0.400. The molecule has 4 N–H and O–H groups in total. The molecule has 6 nitrogen and oxygen atoms in total. The lowest BCUT2D eigenvalue weighted by molar-refractivity contribution is 0.197. The maximum Gasteiger partial charge on any atom is 0.319 e. The third-order valence-corrected chi connectivity index (χ3v) is 2.16. The Hall–Kier alpha value is -1.69. The highest BCUT2D eigenvalue weighted by Gasteiger charge is 2.20. The number of halogens is 1. The Kier molecular flexibility index (Phi) is 7.62. The van der Waals surface area contributed by atoms with Gasteiger partial charge in [0.05, 0.1) is 6.54 Å². The number of rotatable bonds is 7. The van der Waals surface area contributed by atoms with Gasteiger partial charge in [-0.25, -0.2) is 9.59 Å². The van der Waals surface area contributed by atoms with Gasteiger partial charge < -0.3 is 21.3 Å². The molecule has 0 aliphatic rings. The summed E-state index contributed by atoms with van der Waals surface area (Å²) in [5.41, 5.74) is 4.21. The van der Waals surface area contributed by atoms with Gasteiger partial charge in [-0.2, -0.15) is 0 Å². The molecule has 0 aliphatic carbocycles. The summed E-state index contributed by atoms with van der Waals surface area (Å²) in [7, 11) is 0. The van der Waals surface area contributed by atoms with E-state index in [0.717, 1.165) is 0 Å². The summed E-state index contributed by atoms with van der Waals surface area (Å²) >= 11 is 5.96. The minimum Gasteiger partial charge on any atom is -0.352 e. The molecule has 0 saturated carbocycles. The third-order valence-electron chi connectivity index (χ3n) is 1.77. The molecule has 0 aromatic carbocycles. The molecular weight excluding hydrogens is 244 g/mol. The Labute approximate surface area is 105 Å². The number of nitrogens with zero attached hydrogens (tertiary/aromatic N) is 1. The van der Waals surface area contributed by atoms with Crippen LogP contribution in [0.15, 0.2) is 25.3 Å². The molecule has 0 heterocycles. The van der Waals surface area contributed by atoms with E-state index in [1.54, 1.807) is 6.08 Å². The van der Waals surface area contributed by atoms with Crippen LogP contribution in [0.2, 0.25) is 0 Å². The Morgan fingerprint density at radius 3 is 2.47 bits per heavy atom. The van der Waals surface area contributed by atoms with Gasteiger partial charge >= 0.3 is 12.1 Å². The summed E-state index contributed by atoms with van der Waals surface area (Å²) in [5, 5.41) is 4.90. The van der Waals surface area contributed by atoms with Crippen molar-refractivity contribution < 1.29 is 9.59 Å². The van der Waals surface area contributed by atoms with Crippen LogP contribution in [0.4, 0.5) is 9.59 Å². The van der Waals surface area contributed by atoms with Crippen LogP contribution in [0.25, 0.3) is 0 Å². The van der Waals surface area contributed by atoms with E-state index >= 15 is 0 Å². The van der Waals surface area contributed by atoms with E-state index < -0.39 is 11.5 Å². The average molecular weight is 261 g/mol. The number of carbonyl (C=O) groups is 2. The lowest BCUT2D eigenvalue weighted by Crippen LogP contribution is -2.49. The van der Waals surface area contributed by atoms with Gasteiger partial charge in [-0.05, 0) is 0 Å². The fourth-order valence-corrected chi connectivity index (χ4v) is 1.27. The first-order valence-electron chi connectivity index (χ1n) is 4.96. The van der Waals surface area contributed by atoms with Crippen molar-refractivity contribution in [2.24, 2.45) is 5.73 Å². The Bertz CT molecular complexity index is 296. The second-order valence-corrected chi connectivity index (χ2v) is 3.60. The number of carbonyl (C=O) groups excluding carboxylic acids is 2. The van der Waals surface area contributed by atoms with Crippen LogP contribution < -0.4 is 16.4 Å². The fourth-order valence-electron chi connectivity index (χ4n) is 1.02. The molecule has 0 saturated heterocycles. The van der Waals surface area contributed by atoms with Crippen molar-refractivity contribution in [1.82, 2.24) is 15.5 Å². The third kappa shape index (κ3) is 6.47. The zero-order chi connectivity index (χ0) is 13.3. The summed E-state index contributed by atoms with van der Waals surface area (Å²) in [6.45, 7) is 7.67. The summed E-state index contributed by atoms with van der Waals surface area (Å²) in [6.07, 6.45) is 3.09. The molecule has 0 spiro atoms. The SMILES string of the molecule is C=CCNC(=O)N(CC=C)C(Cl)CNC(N)=O. The molecule has 0 radical (unpaired) electrons. The number of urea groups is 2. The highest BCUT2D eigenvalue weighted by atomic mass is 35.5. The van der Waals surface area contributed by atoms with Crippen LogP contribution in [0.5, 0.6) is 0 Å². The van der Waals surface area contributed by atoms with Crippen molar-refractivity contribution in [1.29, 1.82) is 0 Å². The highest BCUT2D eigenvalue weighted by Crippen LogP contribution is 2.04. The molecule has 0 rings (SSSR count). The molecule has 0 aromatic heterocycles. The first kappa shape index (κ1) is 15.3. The lowest BCUT2D eigenvalue weighted by atomic mass is 10.4. The number of alkyl halides is 1. The number of hydrogen-bond acceptors (Lipinski definition) is 2. The van der Waals surface area contributed by atoms with Crippen LogP contribution in [0, 0.1) is 0 Å². The van der Waals surface area contributed by atoms with E-state index in [1.165, 1.54) is 11.0 Å². The minimum atomic E-state index is -0.703. The van der Waals surface area contributed by atoms with Gasteiger partial charge in [0, 0.05) is 13.1 Å².